The van der Waals surface area contributed by atoms with Crippen molar-refractivity contribution in [1.29, 1.82) is 0 Å². The molecule has 0 atom stereocenters. The number of esters is 1. The Kier molecular flexibility index (Phi) is 8.70. The first kappa shape index (κ1) is 28.3. The third-order valence-corrected chi connectivity index (χ3v) is 6.23. The van der Waals surface area contributed by atoms with Crippen LogP contribution in [0.5, 0.6) is 5.75 Å². The molecule has 0 radical (unpaired) electrons. The first-order valence-corrected chi connectivity index (χ1v) is 12.3. The molecule has 204 valence electrons. The van der Waals surface area contributed by atoms with Gasteiger partial charge in [0.2, 0.25) is 0 Å². The van der Waals surface area contributed by atoms with Crippen LogP contribution >= 0.6 is 0 Å². The second-order valence-electron chi connectivity index (χ2n) is 9.26. The van der Waals surface area contributed by atoms with Crippen molar-refractivity contribution in [3.8, 4) is 5.75 Å². The molecule has 1 aliphatic heterocycles. The zero-order chi connectivity index (χ0) is 27.4. The fourth-order valence-electron chi connectivity index (χ4n) is 4.38. The smallest absolute Gasteiger partial charge is 0.437 e. The highest BCUT2D eigenvalue weighted by Gasteiger charge is 2.50. The molecule has 0 aliphatic carbocycles. The molecule has 2 aromatic rings. The molecule has 0 N–H and O–H groups in total. The summed E-state index contributed by atoms with van der Waals surface area (Å²) in [6, 6.07) is 2.29. The maximum Gasteiger partial charge on any atom is 0.437 e. The Balaban J connectivity index is 1.62. The van der Waals surface area contributed by atoms with Crippen molar-refractivity contribution in [1.82, 2.24) is 15.0 Å². The fraction of sp³-hybridized carbons (Fsp3) is 0.600. The van der Waals surface area contributed by atoms with Crippen molar-refractivity contribution < 1.29 is 41.6 Å². The van der Waals surface area contributed by atoms with E-state index in [1.807, 2.05) is 6.92 Å². The van der Waals surface area contributed by atoms with Gasteiger partial charge in [-0.2, -0.15) is 13.2 Å². The predicted molar refractivity (Wildman–Crippen MR) is 127 cm³/mol. The summed E-state index contributed by atoms with van der Waals surface area (Å²) in [6.45, 7) is 7.67. The van der Waals surface area contributed by atoms with Gasteiger partial charge >= 0.3 is 18.2 Å². The zero-order valence-corrected chi connectivity index (χ0v) is 21.4. The van der Waals surface area contributed by atoms with Gasteiger partial charge in [0, 0.05) is 25.1 Å². The van der Waals surface area contributed by atoms with Crippen LogP contribution in [0.25, 0.3) is 11.0 Å². The number of carbonyl (C=O) groups excluding carboxylic acids is 3. The number of amides is 3. The van der Waals surface area contributed by atoms with Gasteiger partial charge in [0.15, 0.2) is 11.3 Å². The van der Waals surface area contributed by atoms with Gasteiger partial charge in [-0.3, -0.25) is 14.5 Å². The molecule has 3 rings (SSSR count). The maximum absolute atomic E-state index is 13.2. The quantitative estimate of drug-likeness (QED) is 0.219. The van der Waals surface area contributed by atoms with Crippen LogP contribution in [0.3, 0.4) is 0 Å². The molecule has 1 fully saturated rings. The van der Waals surface area contributed by atoms with Crippen molar-refractivity contribution in [2.45, 2.75) is 71.5 Å². The monoisotopic (exact) mass is 527 g/mol. The van der Waals surface area contributed by atoms with Crippen molar-refractivity contribution in [3.05, 3.63) is 23.4 Å². The summed E-state index contributed by atoms with van der Waals surface area (Å²) in [5.74, 6) is -0.324. The van der Waals surface area contributed by atoms with Crippen LogP contribution < -0.4 is 4.74 Å². The highest BCUT2D eigenvalue weighted by molar-refractivity contribution is 6.06. The maximum atomic E-state index is 13.2. The van der Waals surface area contributed by atoms with E-state index in [9.17, 15) is 27.6 Å². The van der Waals surface area contributed by atoms with Crippen LogP contribution in [-0.4, -0.2) is 64.7 Å². The van der Waals surface area contributed by atoms with Gasteiger partial charge in [0.05, 0.1) is 18.6 Å². The largest absolute Gasteiger partial charge is 0.493 e. The molecule has 1 aromatic heterocycles. The second-order valence-corrected chi connectivity index (χ2v) is 9.26. The van der Waals surface area contributed by atoms with Crippen LogP contribution in [0, 0.1) is 0 Å². The lowest BCUT2D eigenvalue weighted by Gasteiger charge is -2.27. The summed E-state index contributed by atoms with van der Waals surface area (Å²) in [4.78, 5) is 40.0. The summed E-state index contributed by atoms with van der Waals surface area (Å²) in [7, 11) is 0. The molecular formula is C25H32F3N3O6. The van der Waals surface area contributed by atoms with Crippen LogP contribution in [0.15, 0.2) is 16.7 Å². The number of aryl methyl sites for hydroxylation is 1. The molecule has 3 amide bonds. The van der Waals surface area contributed by atoms with E-state index in [4.69, 9.17) is 14.0 Å². The highest BCUT2D eigenvalue weighted by Crippen LogP contribution is 2.38. The summed E-state index contributed by atoms with van der Waals surface area (Å²) >= 11 is 0. The van der Waals surface area contributed by atoms with Crippen LogP contribution in [0.1, 0.15) is 64.6 Å². The van der Waals surface area contributed by atoms with Crippen LogP contribution in [0.4, 0.5) is 18.0 Å². The van der Waals surface area contributed by atoms with E-state index >= 15 is 0 Å². The number of fused-ring (bicyclic) bond motifs is 1. The lowest BCUT2D eigenvalue weighted by molar-refractivity contribution is -0.143. The number of hydrogen-bond donors (Lipinski definition) is 0. The topological polar surface area (TPSA) is 102 Å². The van der Waals surface area contributed by atoms with Crippen molar-refractivity contribution in [3.63, 3.8) is 0 Å². The number of rotatable bonds is 12. The van der Waals surface area contributed by atoms with Gasteiger partial charge in [-0.05, 0) is 52.2 Å². The number of halogens is 3. The number of ether oxygens (including phenoxy) is 2. The Morgan fingerprint density at radius 3 is 2.51 bits per heavy atom. The van der Waals surface area contributed by atoms with E-state index in [-0.39, 0.29) is 55.6 Å². The van der Waals surface area contributed by atoms with E-state index in [0.29, 0.717) is 37.0 Å². The minimum absolute atomic E-state index is 0.0387. The molecule has 0 unspecified atom stereocenters. The summed E-state index contributed by atoms with van der Waals surface area (Å²) < 4.78 is 55.4. The number of aromatic nitrogens is 1. The Hall–Kier alpha value is -3.31. The SMILES string of the molecule is CCCc1c(OCCCN2C(=O)N(CCCC(=O)OCC)C(C)(C)C2=O)ccc2c(C(F)(F)F)noc12. The number of nitrogens with zero attached hydrogens (tertiary/aromatic N) is 3. The lowest BCUT2D eigenvalue weighted by Crippen LogP contribution is -2.44. The average molecular weight is 528 g/mol. The van der Waals surface area contributed by atoms with E-state index < -0.39 is 23.4 Å². The van der Waals surface area contributed by atoms with Gasteiger partial charge in [0.25, 0.3) is 5.91 Å². The third kappa shape index (κ3) is 5.99. The highest BCUT2D eigenvalue weighted by atomic mass is 19.4. The number of benzene rings is 1. The molecule has 0 spiro atoms. The van der Waals surface area contributed by atoms with Crippen molar-refractivity contribution >= 4 is 28.9 Å². The minimum atomic E-state index is -4.63. The molecule has 37 heavy (non-hydrogen) atoms. The third-order valence-electron chi connectivity index (χ3n) is 6.23. The minimum Gasteiger partial charge on any atom is -0.493 e. The molecule has 9 nitrogen and oxygen atoms in total. The molecule has 2 heterocycles. The van der Waals surface area contributed by atoms with Gasteiger partial charge in [-0.15, -0.1) is 0 Å². The second kappa shape index (κ2) is 11.4. The average Bonchev–Trinajstić information content (AvgIpc) is 3.33. The predicted octanol–water partition coefficient (Wildman–Crippen LogP) is 4.95. The molecule has 0 bridgehead atoms. The molecule has 12 heteroatoms. The number of hydrogen-bond acceptors (Lipinski definition) is 7. The number of alkyl halides is 3. The first-order valence-electron chi connectivity index (χ1n) is 12.3. The van der Waals surface area contributed by atoms with E-state index in [1.54, 1.807) is 20.8 Å². The summed E-state index contributed by atoms with van der Waals surface area (Å²) in [5, 5.41) is 3.09. The fourth-order valence-corrected chi connectivity index (χ4v) is 4.38. The molecule has 1 aliphatic rings. The summed E-state index contributed by atoms with van der Waals surface area (Å²) in [5.41, 5.74) is -1.59. The van der Waals surface area contributed by atoms with Gasteiger partial charge in [-0.1, -0.05) is 18.5 Å². The number of carbonyl (C=O) groups is 3. The van der Waals surface area contributed by atoms with Gasteiger partial charge in [-0.25, -0.2) is 4.79 Å². The van der Waals surface area contributed by atoms with Crippen LogP contribution in [-0.2, 0) is 26.9 Å². The number of imide groups is 1. The Labute approximate surface area is 212 Å². The molecular weight excluding hydrogens is 495 g/mol. The Morgan fingerprint density at radius 2 is 1.86 bits per heavy atom. The molecule has 0 saturated carbocycles. The van der Waals surface area contributed by atoms with Crippen molar-refractivity contribution in [2.75, 3.05) is 26.3 Å². The Bertz CT molecular complexity index is 1140. The molecule has 1 aromatic carbocycles. The van der Waals surface area contributed by atoms with E-state index in [0.717, 1.165) is 4.90 Å². The van der Waals surface area contributed by atoms with E-state index in [2.05, 4.69) is 5.16 Å². The Morgan fingerprint density at radius 1 is 1.14 bits per heavy atom. The lowest BCUT2D eigenvalue weighted by atomic mass is 10.0. The standard InChI is InChI=1S/C25H32F3N3O6/c1-5-9-16-18(12-11-17-20(16)37-29-21(17)25(26,27)28)36-15-8-13-30-22(33)24(3,4)31(23(30)34)14-7-10-19(32)35-6-2/h11-12H,5-10,13-15H2,1-4H3. The van der Waals surface area contributed by atoms with Gasteiger partial charge in [0.1, 0.15) is 11.3 Å². The van der Waals surface area contributed by atoms with Crippen LogP contribution in [0.2, 0.25) is 0 Å². The van der Waals surface area contributed by atoms with Gasteiger partial charge < -0.3 is 18.9 Å². The first-order chi connectivity index (χ1) is 17.4. The normalized spacial score (nSPS) is 15.6. The van der Waals surface area contributed by atoms with Crippen molar-refractivity contribution in [2.24, 2.45) is 0 Å². The van der Waals surface area contributed by atoms with E-state index in [1.165, 1.54) is 17.0 Å². The number of urea groups is 1. The zero-order valence-electron chi connectivity index (χ0n) is 21.4. The summed E-state index contributed by atoms with van der Waals surface area (Å²) in [6.07, 6.45) is -2.72. The molecule has 1 saturated heterocycles.